The first-order chi connectivity index (χ1) is 13.3. The summed E-state index contributed by atoms with van der Waals surface area (Å²) in [5.41, 5.74) is 2.71. The van der Waals surface area contributed by atoms with Crippen molar-refractivity contribution in [2.24, 2.45) is 15.0 Å². The van der Waals surface area contributed by atoms with Gasteiger partial charge in [-0.25, -0.2) is 0 Å². The van der Waals surface area contributed by atoms with Gasteiger partial charge in [-0.3, -0.25) is 29.9 Å². The molecule has 3 aromatic rings. The minimum Gasteiger partial charge on any atom is -0.294 e. The summed E-state index contributed by atoms with van der Waals surface area (Å²) in [6.45, 7) is 0. The van der Waals surface area contributed by atoms with Gasteiger partial charge in [-0.15, -0.1) is 0 Å². The Morgan fingerprint density at radius 1 is 0.536 bits per heavy atom. The number of hydrogen-bond acceptors (Lipinski definition) is 6. The van der Waals surface area contributed by atoms with Crippen molar-refractivity contribution in [3.05, 3.63) is 90.3 Å². The van der Waals surface area contributed by atoms with Crippen molar-refractivity contribution in [2.45, 2.75) is 0 Å². The molecule has 146 valence electrons. The molecule has 7 heteroatoms. The summed E-state index contributed by atoms with van der Waals surface area (Å²) in [5.74, 6) is 0. The third-order valence-corrected chi connectivity index (χ3v) is 2.85. The van der Waals surface area contributed by atoms with Gasteiger partial charge in [0.25, 0.3) is 0 Å². The van der Waals surface area contributed by atoms with Crippen LogP contribution >= 0.6 is 0 Å². The summed E-state index contributed by atoms with van der Waals surface area (Å²) in [6.07, 6.45) is 10.4. The van der Waals surface area contributed by atoms with Crippen LogP contribution in [0.3, 0.4) is 0 Å². The molecule has 0 radical (unpaired) electrons. The van der Waals surface area contributed by atoms with Crippen molar-refractivity contribution in [3.63, 3.8) is 0 Å². The van der Waals surface area contributed by atoms with Crippen LogP contribution in [0.1, 0.15) is 17.1 Å². The number of pyridine rings is 3. The average molecular weight is 416 g/mol. The van der Waals surface area contributed by atoms with Crippen LogP contribution < -0.4 is 0 Å². The molecule has 3 rings (SSSR count). The third-order valence-electron chi connectivity index (χ3n) is 2.85. The summed E-state index contributed by atoms with van der Waals surface area (Å²) in [4.78, 5) is 23.5. The second-order valence-corrected chi connectivity index (χ2v) is 4.93. The van der Waals surface area contributed by atoms with E-state index in [9.17, 15) is 0 Å². The molecule has 3 heterocycles. The normalized spacial score (nSPS) is 9.96. The maximum absolute atomic E-state index is 4.02. The van der Waals surface area contributed by atoms with Gasteiger partial charge in [-0.05, 0) is 36.4 Å². The van der Waals surface area contributed by atoms with Gasteiger partial charge in [0.15, 0.2) is 0 Å². The standard InChI is InChI=1S/3C7H8N2.Fe/c3*1-8-6-7-4-2-3-5-9-7;/h3*2-6H,1H3;. The molecule has 0 fully saturated rings. The van der Waals surface area contributed by atoms with Crippen molar-refractivity contribution >= 4 is 18.6 Å². The van der Waals surface area contributed by atoms with Crippen molar-refractivity contribution in [1.82, 2.24) is 15.0 Å². The van der Waals surface area contributed by atoms with Crippen LogP contribution in [0.5, 0.6) is 0 Å². The maximum atomic E-state index is 4.02. The molecule has 28 heavy (non-hydrogen) atoms. The Labute approximate surface area is 177 Å². The molecule has 0 aromatic carbocycles. The zero-order chi connectivity index (χ0) is 19.6. The number of aromatic nitrogens is 3. The molecule has 0 unspecified atom stereocenters. The van der Waals surface area contributed by atoms with Gasteiger partial charge in [-0.1, -0.05) is 18.2 Å². The smallest absolute Gasteiger partial charge is 0.0807 e. The molecule has 0 aliphatic rings. The number of aliphatic imine (C=N–C) groups is 3. The summed E-state index contributed by atoms with van der Waals surface area (Å²) >= 11 is 0. The fourth-order valence-corrected chi connectivity index (χ4v) is 1.75. The molecule has 0 spiro atoms. The Morgan fingerprint density at radius 3 is 1.00 bits per heavy atom. The number of rotatable bonds is 3. The molecule has 0 atom stereocenters. The van der Waals surface area contributed by atoms with Crippen LogP contribution in [0.15, 0.2) is 88.2 Å². The van der Waals surface area contributed by atoms with Gasteiger partial charge in [-0.2, -0.15) is 0 Å². The Bertz CT molecular complexity index is 693. The van der Waals surface area contributed by atoms with E-state index in [1.807, 2.05) is 54.6 Å². The van der Waals surface area contributed by atoms with E-state index in [-0.39, 0.29) is 17.1 Å². The Hall–Kier alpha value is -3.02. The number of nitrogens with zero attached hydrogens (tertiary/aromatic N) is 6. The van der Waals surface area contributed by atoms with E-state index in [0.717, 1.165) is 17.1 Å². The van der Waals surface area contributed by atoms with Crippen LogP contribution in [0.2, 0.25) is 0 Å². The van der Waals surface area contributed by atoms with E-state index < -0.39 is 0 Å². The van der Waals surface area contributed by atoms with E-state index in [2.05, 4.69) is 29.9 Å². The van der Waals surface area contributed by atoms with E-state index in [4.69, 9.17) is 0 Å². The minimum absolute atomic E-state index is 0. The fraction of sp³-hybridized carbons (Fsp3) is 0.143. The first-order valence-corrected chi connectivity index (χ1v) is 8.29. The summed E-state index contributed by atoms with van der Waals surface area (Å²) < 4.78 is 0. The van der Waals surface area contributed by atoms with Crippen LogP contribution in [-0.4, -0.2) is 54.7 Å². The SMILES string of the molecule is CN=Cc1ccccn1.CN=Cc1ccccn1.CN=Cc1ccccn1.[Fe]. The van der Waals surface area contributed by atoms with Gasteiger partial charge in [0.1, 0.15) is 0 Å². The second kappa shape index (κ2) is 17.4. The van der Waals surface area contributed by atoms with Gasteiger partial charge in [0.2, 0.25) is 0 Å². The Balaban J connectivity index is 0.000000384. The summed E-state index contributed by atoms with van der Waals surface area (Å²) in [6, 6.07) is 17.2. The van der Waals surface area contributed by atoms with E-state index >= 15 is 0 Å². The second-order valence-electron chi connectivity index (χ2n) is 4.93. The van der Waals surface area contributed by atoms with Gasteiger partial charge >= 0.3 is 0 Å². The molecule has 0 bridgehead atoms. The van der Waals surface area contributed by atoms with Crippen LogP contribution in [0.4, 0.5) is 0 Å². The predicted molar refractivity (Wildman–Crippen MR) is 113 cm³/mol. The fourth-order valence-electron chi connectivity index (χ4n) is 1.75. The zero-order valence-electron chi connectivity index (χ0n) is 16.2. The van der Waals surface area contributed by atoms with E-state index in [0.29, 0.717) is 0 Å². The van der Waals surface area contributed by atoms with Crippen LogP contribution in [0.25, 0.3) is 0 Å². The molecular weight excluding hydrogens is 392 g/mol. The Morgan fingerprint density at radius 2 is 0.821 bits per heavy atom. The molecule has 6 nitrogen and oxygen atoms in total. The molecule has 3 aromatic heterocycles. The molecule has 0 N–H and O–H groups in total. The molecule has 0 amide bonds. The van der Waals surface area contributed by atoms with Gasteiger partial charge < -0.3 is 0 Å². The molecule has 0 aliphatic carbocycles. The van der Waals surface area contributed by atoms with Crippen molar-refractivity contribution in [1.29, 1.82) is 0 Å². The monoisotopic (exact) mass is 416 g/mol. The largest absolute Gasteiger partial charge is 0.294 e. The minimum atomic E-state index is 0. The molecule has 0 saturated carbocycles. The van der Waals surface area contributed by atoms with Crippen molar-refractivity contribution in [2.75, 3.05) is 21.1 Å². The van der Waals surface area contributed by atoms with Gasteiger partial charge in [0, 0.05) is 75.4 Å². The maximum Gasteiger partial charge on any atom is 0.0807 e. The third kappa shape index (κ3) is 12.4. The Kier molecular flexibility index (Phi) is 15.5. The van der Waals surface area contributed by atoms with Crippen LogP contribution in [-0.2, 0) is 17.1 Å². The molecular formula is C21H24FeN6. The van der Waals surface area contributed by atoms with E-state index in [1.165, 1.54) is 0 Å². The van der Waals surface area contributed by atoms with Crippen LogP contribution in [0, 0.1) is 0 Å². The topological polar surface area (TPSA) is 75.8 Å². The molecule has 0 aliphatic heterocycles. The first-order valence-electron chi connectivity index (χ1n) is 8.29. The zero-order valence-corrected chi connectivity index (χ0v) is 17.3. The number of hydrogen-bond donors (Lipinski definition) is 0. The first kappa shape index (κ1) is 25.0. The molecule has 0 saturated heterocycles. The van der Waals surface area contributed by atoms with E-state index in [1.54, 1.807) is 58.4 Å². The van der Waals surface area contributed by atoms with Crippen molar-refractivity contribution < 1.29 is 17.1 Å². The summed E-state index contributed by atoms with van der Waals surface area (Å²) in [7, 11) is 5.19. The van der Waals surface area contributed by atoms with Crippen molar-refractivity contribution in [3.8, 4) is 0 Å². The quantitative estimate of drug-likeness (QED) is 0.485. The predicted octanol–water partition coefficient (Wildman–Crippen LogP) is 3.39. The average Bonchev–Trinajstić information content (AvgIpc) is 2.72. The summed E-state index contributed by atoms with van der Waals surface area (Å²) in [5, 5.41) is 0. The van der Waals surface area contributed by atoms with Gasteiger partial charge in [0.05, 0.1) is 17.1 Å².